The molecule has 0 radical (unpaired) electrons. The highest BCUT2D eigenvalue weighted by atomic mass is 16.6. The summed E-state index contributed by atoms with van der Waals surface area (Å²) in [6.07, 6.45) is 1.45. The Hall–Kier alpha value is -3.27. The molecule has 4 rings (SSSR count). The van der Waals surface area contributed by atoms with Crippen LogP contribution in [0.3, 0.4) is 0 Å². The number of carbonyl (C=O) groups is 1. The van der Waals surface area contributed by atoms with Crippen LogP contribution in [0.15, 0.2) is 66.7 Å². The molecule has 0 aromatic heterocycles. The second-order valence-electron chi connectivity index (χ2n) is 10.8. The first-order valence-electron chi connectivity index (χ1n) is 12.6. The van der Waals surface area contributed by atoms with Crippen molar-refractivity contribution in [1.82, 2.24) is 5.32 Å². The zero-order valence-electron chi connectivity index (χ0n) is 21.7. The Morgan fingerprint density at radius 3 is 2.51 bits per heavy atom. The van der Waals surface area contributed by atoms with E-state index in [-0.39, 0.29) is 18.1 Å². The Morgan fingerprint density at radius 1 is 1.00 bits per heavy atom. The van der Waals surface area contributed by atoms with E-state index in [1.54, 1.807) is 0 Å². The van der Waals surface area contributed by atoms with Crippen LogP contribution in [-0.2, 0) is 11.2 Å². The van der Waals surface area contributed by atoms with E-state index in [1.807, 2.05) is 39.0 Å². The van der Waals surface area contributed by atoms with E-state index in [0.29, 0.717) is 5.92 Å². The summed E-state index contributed by atoms with van der Waals surface area (Å²) in [7, 11) is 0. The van der Waals surface area contributed by atoms with Gasteiger partial charge in [-0.05, 0) is 80.0 Å². The van der Waals surface area contributed by atoms with Crippen LogP contribution >= 0.6 is 0 Å². The minimum Gasteiger partial charge on any atom is -0.457 e. The molecule has 3 aromatic rings. The van der Waals surface area contributed by atoms with Crippen LogP contribution in [0.4, 0.5) is 4.79 Å². The number of benzene rings is 3. The maximum atomic E-state index is 12.4. The number of rotatable bonds is 5. The van der Waals surface area contributed by atoms with E-state index >= 15 is 0 Å². The normalized spacial score (nSPS) is 17.6. The number of para-hydroxylation sites is 1. The Balaban J connectivity index is 1.56. The number of carbonyl (C=O) groups excluding carboxylic acids is 1. The summed E-state index contributed by atoms with van der Waals surface area (Å²) < 4.78 is 11.9. The largest absolute Gasteiger partial charge is 0.457 e. The lowest BCUT2D eigenvalue weighted by atomic mass is 9.80. The first-order chi connectivity index (χ1) is 16.6. The molecule has 0 saturated carbocycles. The first-order valence-corrected chi connectivity index (χ1v) is 12.6. The minimum absolute atomic E-state index is 0.0265. The van der Waals surface area contributed by atoms with Gasteiger partial charge in [0.15, 0.2) is 0 Å². The second-order valence-corrected chi connectivity index (χ2v) is 10.8. The predicted octanol–water partition coefficient (Wildman–Crippen LogP) is 8.21. The molecule has 2 unspecified atom stereocenters. The summed E-state index contributed by atoms with van der Waals surface area (Å²) in [6.45, 7) is 12.2. The molecule has 0 spiro atoms. The summed E-state index contributed by atoms with van der Waals surface area (Å²) in [5.41, 5.74) is 5.55. The van der Waals surface area contributed by atoms with Crippen molar-refractivity contribution < 1.29 is 14.3 Å². The Labute approximate surface area is 209 Å². The highest BCUT2D eigenvalue weighted by molar-refractivity contribution is 5.71. The number of hydrogen-bond acceptors (Lipinski definition) is 3. The minimum atomic E-state index is -0.511. The summed E-state index contributed by atoms with van der Waals surface area (Å²) in [5.74, 6) is 2.27. The maximum Gasteiger partial charge on any atom is 0.407 e. The van der Waals surface area contributed by atoms with Gasteiger partial charge in [0.2, 0.25) is 0 Å². The molecule has 0 bridgehead atoms. The molecule has 0 heterocycles. The molecule has 0 saturated heterocycles. The van der Waals surface area contributed by atoms with Gasteiger partial charge in [0.1, 0.15) is 17.1 Å². The van der Waals surface area contributed by atoms with Gasteiger partial charge < -0.3 is 14.8 Å². The average Bonchev–Trinajstić information content (AvgIpc) is 2.80. The standard InChI is InChI=1S/C31H37NO3/c1-20(2)23-10-9-11-24(18-23)26-12-7-8-13-29(26)34-25-16-14-22-15-17-28(21(3)27(22)19-25)32-30(33)35-31(4,5)6/h7-14,16,18-21,28H,15,17H2,1-6H3,(H,32,33). The quantitative estimate of drug-likeness (QED) is 0.408. The third kappa shape index (κ3) is 6.05. The molecule has 4 nitrogen and oxygen atoms in total. The van der Waals surface area contributed by atoms with Crippen LogP contribution in [0.1, 0.15) is 76.5 Å². The zero-order chi connectivity index (χ0) is 25.2. The molecule has 184 valence electrons. The molecular weight excluding hydrogens is 434 g/mol. The molecular formula is C31H37NO3. The number of alkyl carbamates (subject to hydrolysis) is 1. The molecule has 3 aromatic carbocycles. The molecule has 1 aliphatic carbocycles. The van der Waals surface area contributed by atoms with Gasteiger partial charge in [-0.1, -0.05) is 69.3 Å². The fraction of sp³-hybridized carbons (Fsp3) is 0.387. The first kappa shape index (κ1) is 24.8. The van der Waals surface area contributed by atoms with E-state index in [0.717, 1.165) is 35.5 Å². The van der Waals surface area contributed by atoms with Gasteiger partial charge in [0.05, 0.1) is 0 Å². The van der Waals surface area contributed by atoms with Crippen molar-refractivity contribution in [3.8, 4) is 22.6 Å². The molecule has 35 heavy (non-hydrogen) atoms. The second kappa shape index (κ2) is 10.2. The lowest BCUT2D eigenvalue weighted by Crippen LogP contribution is -2.43. The Morgan fingerprint density at radius 2 is 1.77 bits per heavy atom. The van der Waals surface area contributed by atoms with Gasteiger partial charge in [-0.3, -0.25) is 0 Å². The summed E-state index contributed by atoms with van der Waals surface area (Å²) in [6, 6.07) is 23.2. The van der Waals surface area contributed by atoms with E-state index in [4.69, 9.17) is 9.47 Å². The number of amides is 1. The van der Waals surface area contributed by atoms with E-state index in [9.17, 15) is 4.79 Å². The highest BCUT2D eigenvalue weighted by Gasteiger charge is 2.29. The van der Waals surface area contributed by atoms with Crippen LogP contribution < -0.4 is 10.1 Å². The van der Waals surface area contributed by atoms with Gasteiger partial charge in [-0.15, -0.1) is 0 Å². The lowest BCUT2D eigenvalue weighted by molar-refractivity contribution is 0.0493. The van der Waals surface area contributed by atoms with Crippen molar-refractivity contribution in [2.24, 2.45) is 0 Å². The molecule has 2 atom stereocenters. The molecule has 1 amide bonds. The van der Waals surface area contributed by atoms with E-state index < -0.39 is 5.60 Å². The SMILES string of the molecule is CC(C)c1cccc(-c2ccccc2Oc2ccc3c(c2)C(C)C(NC(=O)OC(C)(C)C)CC3)c1. The smallest absolute Gasteiger partial charge is 0.407 e. The van der Waals surface area contributed by atoms with Gasteiger partial charge >= 0.3 is 6.09 Å². The summed E-state index contributed by atoms with van der Waals surface area (Å²) in [5, 5.41) is 3.08. The molecule has 4 heteroatoms. The van der Waals surface area contributed by atoms with Gasteiger partial charge in [-0.25, -0.2) is 4.79 Å². The number of hydrogen-bond donors (Lipinski definition) is 1. The Kier molecular flexibility index (Phi) is 7.20. The molecule has 0 fully saturated rings. The fourth-order valence-electron chi connectivity index (χ4n) is 4.71. The van der Waals surface area contributed by atoms with Crippen molar-refractivity contribution in [2.45, 2.75) is 77.9 Å². The van der Waals surface area contributed by atoms with Gasteiger partial charge in [-0.2, -0.15) is 0 Å². The van der Waals surface area contributed by atoms with Crippen LogP contribution in [-0.4, -0.2) is 17.7 Å². The average molecular weight is 472 g/mol. The van der Waals surface area contributed by atoms with Crippen molar-refractivity contribution >= 4 is 6.09 Å². The number of ether oxygens (including phenoxy) is 2. The van der Waals surface area contributed by atoms with E-state index in [2.05, 4.69) is 74.6 Å². The Bertz CT molecular complexity index is 1190. The van der Waals surface area contributed by atoms with Gasteiger partial charge in [0.25, 0.3) is 0 Å². The van der Waals surface area contributed by atoms with Crippen LogP contribution in [0.25, 0.3) is 11.1 Å². The van der Waals surface area contributed by atoms with Crippen molar-refractivity contribution in [3.05, 3.63) is 83.4 Å². The predicted molar refractivity (Wildman–Crippen MR) is 142 cm³/mol. The fourth-order valence-corrected chi connectivity index (χ4v) is 4.71. The number of aryl methyl sites for hydroxylation is 1. The monoisotopic (exact) mass is 471 g/mol. The third-order valence-electron chi connectivity index (χ3n) is 6.62. The summed E-state index contributed by atoms with van der Waals surface area (Å²) in [4.78, 5) is 12.4. The van der Waals surface area contributed by atoms with Crippen molar-refractivity contribution in [1.29, 1.82) is 0 Å². The van der Waals surface area contributed by atoms with Gasteiger partial charge in [0, 0.05) is 17.5 Å². The zero-order valence-corrected chi connectivity index (χ0v) is 21.7. The number of nitrogens with one attached hydrogen (secondary N) is 1. The third-order valence-corrected chi connectivity index (χ3v) is 6.62. The summed E-state index contributed by atoms with van der Waals surface area (Å²) >= 11 is 0. The molecule has 1 aliphatic rings. The van der Waals surface area contributed by atoms with E-state index in [1.165, 1.54) is 16.7 Å². The highest BCUT2D eigenvalue weighted by Crippen LogP contribution is 2.38. The topological polar surface area (TPSA) is 47.6 Å². The van der Waals surface area contributed by atoms with Crippen LogP contribution in [0.2, 0.25) is 0 Å². The van der Waals surface area contributed by atoms with Crippen LogP contribution in [0, 0.1) is 0 Å². The molecule has 1 N–H and O–H groups in total. The van der Waals surface area contributed by atoms with Crippen LogP contribution in [0.5, 0.6) is 11.5 Å². The van der Waals surface area contributed by atoms with Crippen molar-refractivity contribution in [2.75, 3.05) is 0 Å². The molecule has 0 aliphatic heterocycles. The lowest BCUT2D eigenvalue weighted by Gasteiger charge is -2.33. The van der Waals surface area contributed by atoms with Crippen molar-refractivity contribution in [3.63, 3.8) is 0 Å². The number of fused-ring (bicyclic) bond motifs is 1. The maximum absolute atomic E-state index is 12.4.